The molecule has 3 aromatic rings. The Morgan fingerprint density at radius 3 is 1.81 bits per heavy atom. The molecule has 1 atom stereocenters. The molecule has 1 aliphatic rings. The van der Waals surface area contributed by atoms with E-state index in [0.29, 0.717) is 13.0 Å². The van der Waals surface area contributed by atoms with Crippen molar-refractivity contribution in [3.63, 3.8) is 0 Å². The van der Waals surface area contributed by atoms with Gasteiger partial charge in [-0.2, -0.15) is 0 Å². The average Bonchev–Trinajstić information content (AvgIpc) is 3.05. The number of likely N-dealkylation sites (tertiary alicyclic amines) is 1. The Bertz CT molecular complexity index is 806. The van der Waals surface area contributed by atoms with E-state index in [0.717, 1.165) is 6.42 Å². The highest BCUT2D eigenvalue weighted by atomic mass is 16.2. The lowest BCUT2D eigenvalue weighted by Crippen LogP contribution is -2.37. The summed E-state index contributed by atoms with van der Waals surface area (Å²) in [4.78, 5) is 14.8. The van der Waals surface area contributed by atoms with E-state index in [-0.39, 0.29) is 17.9 Å². The molecular formula is C24H23NO. The number of carbonyl (C=O) groups is 1. The van der Waals surface area contributed by atoms with Gasteiger partial charge in [0.15, 0.2) is 0 Å². The molecule has 3 aromatic carbocycles. The molecule has 1 saturated heterocycles. The lowest BCUT2D eigenvalue weighted by molar-refractivity contribution is -0.129. The molecular weight excluding hydrogens is 318 g/mol. The molecule has 2 nitrogen and oxygen atoms in total. The lowest BCUT2D eigenvalue weighted by Gasteiger charge is -2.33. The number of hydrogen-bond donors (Lipinski definition) is 0. The van der Waals surface area contributed by atoms with Crippen LogP contribution < -0.4 is 0 Å². The minimum Gasteiger partial charge on any atom is -0.334 e. The largest absolute Gasteiger partial charge is 0.334 e. The van der Waals surface area contributed by atoms with E-state index in [1.807, 2.05) is 30.3 Å². The van der Waals surface area contributed by atoms with Crippen molar-refractivity contribution in [1.29, 1.82) is 0 Å². The fourth-order valence-electron chi connectivity index (χ4n) is 4.05. The molecule has 0 N–H and O–H groups in total. The topological polar surface area (TPSA) is 20.3 Å². The van der Waals surface area contributed by atoms with Gasteiger partial charge in [-0.3, -0.25) is 4.79 Å². The van der Waals surface area contributed by atoms with Gasteiger partial charge in [-0.25, -0.2) is 0 Å². The number of amides is 1. The second-order valence-corrected chi connectivity index (χ2v) is 6.91. The highest BCUT2D eigenvalue weighted by molar-refractivity contribution is 5.79. The van der Waals surface area contributed by atoms with Crippen LogP contribution in [0, 0.1) is 0 Å². The summed E-state index contributed by atoms with van der Waals surface area (Å²) in [5, 5.41) is 0. The molecule has 2 heteroatoms. The van der Waals surface area contributed by atoms with Gasteiger partial charge in [0.25, 0.3) is 0 Å². The number of carbonyl (C=O) groups excluding carboxylic acids is 1. The first kappa shape index (κ1) is 16.6. The molecule has 26 heavy (non-hydrogen) atoms. The average molecular weight is 341 g/mol. The van der Waals surface area contributed by atoms with Crippen molar-refractivity contribution in [2.45, 2.75) is 31.3 Å². The predicted molar refractivity (Wildman–Crippen MR) is 105 cm³/mol. The van der Waals surface area contributed by atoms with Crippen molar-refractivity contribution >= 4 is 5.91 Å². The van der Waals surface area contributed by atoms with E-state index in [1.165, 1.54) is 16.7 Å². The summed E-state index contributed by atoms with van der Waals surface area (Å²) >= 11 is 0. The number of nitrogens with zero attached hydrogens (tertiary/aromatic N) is 1. The third-order valence-corrected chi connectivity index (χ3v) is 5.27. The molecule has 4 rings (SSSR count). The normalized spacial score (nSPS) is 17.0. The standard InChI is InChI=1S/C24H23NO/c26-23-17-16-22(25(23)18-19-10-4-1-5-11-19)24(20-12-6-2-7-13-20)21-14-8-3-9-15-21/h1-15,22,24H,16-18H2. The monoisotopic (exact) mass is 341 g/mol. The molecule has 0 aromatic heterocycles. The van der Waals surface area contributed by atoms with Crippen molar-refractivity contribution < 1.29 is 4.79 Å². The van der Waals surface area contributed by atoms with Gasteiger partial charge in [0.2, 0.25) is 5.91 Å². The molecule has 1 heterocycles. The van der Waals surface area contributed by atoms with Gasteiger partial charge in [0.1, 0.15) is 0 Å². The minimum atomic E-state index is 0.188. The zero-order valence-electron chi connectivity index (χ0n) is 14.8. The van der Waals surface area contributed by atoms with Gasteiger partial charge in [-0.1, -0.05) is 91.0 Å². The van der Waals surface area contributed by atoms with Gasteiger partial charge < -0.3 is 4.90 Å². The molecule has 0 bridgehead atoms. The Balaban J connectivity index is 1.71. The van der Waals surface area contributed by atoms with Gasteiger partial charge in [0, 0.05) is 24.9 Å². The van der Waals surface area contributed by atoms with E-state index < -0.39 is 0 Å². The maximum atomic E-state index is 12.7. The lowest BCUT2D eigenvalue weighted by atomic mass is 9.84. The Morgan fingerprint density at radius 2 is 1.27 bits per heavy atom. The maximum absolute atomic E-state index is 12.7. The van der Waals surface area contributed by atoms with Crippen LogP contribution in [-0.2, 0) is 11.3 Å². The van der Waals surface area contributed by atoms with E-state index >= 15 is 0 Å². The SMILES string of the molecule is O=C1CCC(C(c2ccccc2)c2ccccc2)N1Cc1ccccc1. The molecule has 1 unspecified atom stereocenters. The zero-order valence-corrected chi connectivity index (χ0v) is 14.8. The summed E-state index contributed by atoms with van der Waals surface area (Å²) in [7, 11) is 0. The highest BCUT2D eigenvalue weighted by Gasteiger charge is 2.37. The third kappa shape index (κ3) is 3.41. The Kier molecular flexibility index (Phi) is 4.83. The van der Waals surface area contributed by atoms with Crippen LogP contribution in [0.15, 0.2) is 91.0 Å². The number of benzene rings is 3. The summed E-state index contributed by atoms with van der Waals surface area (Å²) in [5.41, 5.74) is 3.74. The first-order chi connectivity index (χ1) is 12.8. The van der Waals surface area contributed by atoms with Crippen LogP contribution in [0.5, 0.6) is 0 Å². The summed E-state index contributed by atoms with van der Waals surface area (Å²) in [5.74, 6) is 0.461. The van der Waals surface area contributed by atoms with Crippen molar-refractivity contribution in [2.24, 2.45) is 0 Å². The van der Waals surface area contributed by atoms with Crippen LogP contribution in [0.2, 0.25) is 0 Å². The summed E-state index contributed by atoms with van der Waals surface area (Å²) < 4.78 is 0. The summed E-state index contributed by atoms with van der Waals surface area (Å²) in [6.07, 6.45) is 1.54. The molecule has 0 saturated carbocycles. The van der Waals surface area contributed by atoms with Crippen molar-refractivity contribution in [1.82, 2.24) is 4.90 Å². The van der Waals surface area contributed by atoms with Gasteiger partial charge >= 0.3 is 0 Å². The predicted octanol–water partition coefficient (Wildman–Crippen LogP) is 5.01. The fourth-order valence-corrected chi connectivity index (χ4v) is 4.05. The number of hydrogen-bond acceptors (Lipinski definition) is 1. The van der Waals surface area contributed by atoms with Crippen LogP contribution in [-0.4, -0.2) is 16.8 Å². The van der Waals surface area contributed by atoms with Crippen molar-refractivity contribution in [2.75, 3.05) is 0 Å². The van der Waals surface area contributed by atoms with Gasteiger partial charge in [0.05, 0.1) is 0 Å². The van der Waals surface area contributed by atoms with Crippen LogP contribution >= 0.6 is 0 Å². The molecule has 0 radical (unpaired) electrons. The fraction of sp³-hybridized carbons (Fsp3) is 0.208. The number of rotatable bonds is 5. The Hall–Kier alpha value is -2.87. The first-order valence-electron chi connectivity index (χ1n) is 9.26. The van der Waals surface area contributed by atoms with E-state index in [1.54, 1.807) is 0 Å². The van der Waals surface area contributed by atoms with E-state index in [2.05, 4.69) is 65.6 Å². The smallest absolute Gasteiger partial charge is 0.223 e. The molecule has 1 aliphatic heterocycles. The zero-order chi connectivity index (χ0) is 17.8. The second kappa shape index (κ2) is 7.57. The summed E-state index contributed by atoms with van der Waals surface area (Å²) in [6.45, 7) is 0.681. The highest BCUT2D eigenvalue weighted by Crippen LogP contribution is 2.37. The first-order valence-corrected chi connectivity index (χ1v) is 9.26. The minimum absolute atomic E-state index is 0.188. The van der Waals surface area contributed by atoms with Gasteiger partial charge in [-0.05, 0) is 23.1 Å². The summed E-state index contributed by atoms with van der Waals surface area (Å²) in [6, 6.07) is 31.7. The van der Waals surface area contributed by atoms with E-state index in [4.69, 9.17) is 0 Å². The molecule has 130 valence electrons. The quantitative estimate of drug-likeness (QED) is 0.639. The van der Waals surface area contributed by atoms with E-state index in [9.17, 15) is 4.79 Å². The third-order valence-electron chi connectivity index (χ3n) is 5.27. The van der Waals surface area contributed by atoms with Gasteiger partial charge in [-0.15, -0.1) is 0 Å². The second-order valence-electron chi connectivity index (χ2n) is 6.91. The maximum Gasteiger partial charge on any atom is 0.223 e. The molecule has 0 aliphatic carbocycles. The molecule has 1 fully saturated rings. The van der Waals surface area contributed by atoms with Crippen molar-refractivity contribution in [3.05, 3.63) is 108 Å². The van der Waals surface area contributed by atoms with Crippen LogP contribution in [0.3, 0.4) is 0 Å². The van der Waals surface area contributed by atoms with Crippen LogP contribution in [0.25, 0.3) is 0 Å². The van der Waals surface area contributed by atoms with Crippen LogP contribution in [0.1, 0.15) is 35.4 Å². The van der Waals surface area contributed by atoms with Crippen molar-refractivity contribution in [3.8, 4) is 0 Å². The van der Waals surface area contributed by atoms with Crippen LogP contribution in [0.4, 0.5) is 0 Å². The molecule has 1 amide bonds. The Labute approximate surface area is 155 Å². The molecule has 0 spiro atoms. The Morgan fingerprint density at radius 1 is 0.769 bits per heavy atom.